The molecule has 1 aliphatic heterocycles. The maximum atomic E-state index is 12.8. The van der Waals surface area contributed by atoms with Crippen LogP contribution in [0.4, 0.5) is 4.79 Å². The zero-order chi connectivity index (χ0) is 18.2. The van der Waals surface area contributed by atoms with Gasteiger partial charge in [0.25, 0.3) is 0 Å². The van der Waals surface area contributed by atoms with Gasteiger partial charge in [-0.1, -0.05) is 40.9 Å². The van der Waals surface area contributed by atoms with Gasteiger partial charge in [-0.05, 0) is 50.8 Å². The Balaban J connectivity index is 1.73. The smallest absolute Gasteiger partial charge is 0.410 e. The van der Waals surface area contributed by atoms with Crippen LogP contribution in [0.5, 0.6) is 0 Å². The van der Waals surface area contributed by atoms with Crippen molar-refractivity contribution < 1.29 is 14.6 Å². The average molecular weight is 410 g/mol. The summed E-state index contributed by atoms with van der Waals surface area (Å²) >= 11 is 3.45. The second-order valence-electron chi connectivity index (χ2n) is 8.36. The molecule has 0 spiro atoms. The van der Waals surface area contributed by atoms with Gasteiger partial charge in [0, 0.05) is 23.9 Å². The highest BCUT2D eigenvalue weighted by Gasteiger charge is 2.47. The summed E-state index contributed by atoms with van der Waals surface area (Å²) < 4.78 is 7.02. The molecule has 1 aromatic rings. The molecule has 138 valence electrons. The fraction of sp³-hybridized carbons (Fsp3) is 0.650. The molecular formula is C20H28BrNO3. The molecule has 0 aromatic heterocycles. The minimum absolute atomic E-state index is 0.0262. The largest absolute Gasteiger partial charge is 0.443 e. The highest BCUT2D eigenvalue weighted by atomic mass is 79.9. The van der Waals surface area contributed by atoms with Crippen LogP contribution in [0.25, 0.3) is 0 Å². The SMILES string of the molecule is C[C@@H](c1ccc(Br)cc1)N1CC[C@](CC2CC2)(CC(C)(C)O)OC1=O. The summed E-state index contributed by atoms with van der Waals surface area (Å²) in [7, 11) is 0. The number of rotatable bonds is 6. The van der Waals surface area contributed by atoms with Crippen LogP contribution in [0.3, 0.4) is 0 Å². The lowest BCUT2D eigenvalue weighted by Crippen LogP contribution is -2.53. The van der Waals surface area contributed by atoms with E-state index in [4.69, 9.17) is 4.74 Å². The van der Waals surface area contributed by atoms with Crippen LogP contribution in [-0.4, -0.2) is 33.8 Å². The molecule has 1 saturated carbocycles. The molecule has 25 heavy (non-hydrogen) atoms. The van der Waals surface area contributed by atoms with Gasteiger partial charge in [-0.2, -0.15) is 0 Å². The average Bonchev–Trinajstić information content (AvgIpc) is 3.29. The van der Waals surface area contributed by atoms with Crippen molar-refractivity contribution in [3.8, 4) is 0 Å². The number of ether oxygens (including phenoxy) is 1. The second-order valence-corrected chi connectivity index (χ2v) is 9.27. The van der Waals surface area contributed by atoms with E-state index in [1.165, 1.54) is 12.8 Å². The van der Waals surface area contributed by atoms with Crippen molar-refractivity contribution in [2.45, 2.75) is 70.1 Å². The third-order valence-electron chi connectivity index (χ3n) is 5.28. The molecule has 1 aromatic carbocycles. The highest BCUT2D eigenvalue weighted by molar-refractivity contribution is 9.10. The number of aliphatic hydroxyl groups is 1. The van der Waals surface area contributed by atoms with E-state index >= 15 is 0 Å². The standard InChI is InChI=1S/C20H28BrNO3/c1-14(16-6-8-17(21)9-7-16)22-11-10-20(25-18(22)23,12-15-4-5-15)13-19(2,3)24/h6-9,14-15,24H,4-5,10-13H2,1-3H3/t14-,20-/m0/s1. The van der Waals surface area contributed by atoms with E-state index in [-0.39, 0.29) is 12.1 Å². The molecule has 0 unspecified atom stereocenters. The van der Waals surface area contributed by atoms with E-state index in [1.54, 1.807) is 18.7 Å². The maximum absolute atomic E-state index is 12.8. The van der Waals surface area contributed by atoms with Crippen LogP contribution in [0, 0.1) is 5.92 Å². The van der Waals surface area contributed by atoms with E-state index in [2.05, 4.69) is 15.9 Å². The fourth-order valence-corrected chi connectivity index (χ4v) is 4.22. The van der Waals surface area contributed by atoms with Gasteiger partial charge in [0.05, 0.1) is 11.6 Å². The molecule has 1 amide bonds. The summed E-state index contributed by atoms with van der Waals surface area (Å²) in [6.07, 6.45) is 4.33. The first-order chi connectivity index (χ1) is 11.7. The molecule has 1 N–H and O–H groups in total. The Kier molecular flexibility index (Phi) is 5.18. The Morgan fingerprint density at radius 3 is 2.52 bits per heavy atom. The molecule has 1 heterocycles. The second kappa shape index (κ2) is 6.92. The number of carbonyl (C=O) groups is 1. The first-order valence-electron chi connectivity index (χ1n) is 9.15. The zero-order valence-corrected chi connectivity index (χ0v) is 16.9. The van der Waals surface area contributed by atoms with Crippen LogP contribution < -0.4 is 0 Å². The van der Waals surface area contributed by atoms with Crippen LogP contribution >= 0.6 is 15.9 Å². The van der Waals surface area contributed by atoms with Gasteiger partial charge < -0.3 is 14.7 Å². The number of halogens is 1. The molecule has 2 fully saturated rings. The lowest BCUT2D eigenvalue weighted by molar-refractivity contribution is -0.102. The minimum atomic E-state index is -0.839. The number of nitrogens with zero attached hydrogens (tertiary/aromatic N) is 1. The summed E-state index contributed by atoms with van der Waals surface area (Å²) in [5, 5.41) is 10.3. The fourth-order valence-electron chi connectivity index (χ4n) is 3.96. The number of benzene rings is 1. The maximum Gasteiger partial charge on any atom is 0.410 e. The van der Waals surface area contributed by atoms with E-state index < -0.39 is 11.2 Å². The van der Waals surface area contributed by atoms with Crippen LogP contribution in [0.1, 0.15) is 64.5 Å². The van der Waals surface area contributed by atoms with Crippen molar-refractivity contribution in [2.24, 2.45) is 5.92 Å². The number of amides is 1. The van der Waals surface area contributed by atoms with Crippen molar-refractivity contribution in [3.05, 3.63) is 34.3 Å². The summed E-state index contributed by atoms with van der Waals surface area (Å²) in [4.78, 5) is 14.6. The van der Waals surface area contributed by atoms with Gasteiger partial charge >= 0.3 is 6.09 Å². The number of hydrogen-bond donors (Lipinski definition) is 1. The van der Waals surface area contributed by atoms with E-state index in [0.717, 1.165) is 22.9 Å². The molecule has 0 radical (unpaired) electrons. The summed E-state index contributed by atoms with van der Waals surface area (Å²) in [5.74, 6) is 0.644. The Morgan fingerprint density at radius 2 is 2.00 bits per heavy atom. The molecule has 2 atom stereocenters. The van der Waals surface area contributed by atoms with Crippen LogP contribution in [-0.2, 0) is 4.74 Å². The Labute approximate surface area is 158 Å². The number of hydrogen-bond acceptors (Lipinski definition) is 3. The zero-order valence-electron chi connectivity index (χ0n) is 15.3. The Morgan fingerprint density at radius 1 is 1.36 bits per heavy atom. The molecule has 4 nitrogen and oxygen atoms in total. The molecule has 3 rings (SSSR count). The summed E-state index contributed by atoms with van der Waals surface area (Å²) in [6.45, 7) is 6.30. The molecule has 0 bridgehead atoms. The van der Waals surface area contributed by atoms with Gasteiger partial charge in [0.2, 0.25) is 0 Å². The first kappa shape index (κ1) is 18.7. The van der Waals surface area contributed by atoms with E-state index in [9.17, 15) is 9.90 Å². The Bertz CT molecular complexity index is 621. The van der Waals surface area contributed by atoms with Crippen LogP contribution in [0.15, 0.2) is 28.7 Å². The van der Waals surface area contributed by atoms with Gasteiger partial charge in [-0.25, -0.2) is 4.79 Å². The lowest BCUT2D eigenvalue weighted by atomic mass is 9.81. The predicted molar refractivity (Wildman–Crippen MR) is 101 cm³/mol. The third-order valence-corrected chi connectivity index (χ3v) is 5.81. The molecule has 1 aliphatic carbocycles. The predicted octanol–water partition coefficient (Wildman–Crippen LogP) is 5.05. The van der Waals surface area contributed by atoms with E-state index in [1.807, 2.05) is 31.2 Å². The quantitative estimate of drug-likeness (QED) is 0.714. The minimum Gasteiger partial charge on any atom is -0.443 e. The monoisotopic (exact) mass is 409 g/mol. The normalized spacial score (nSPS) is 25.6. The molecular weight excluding hydrogens is 382 g/mol. The highest BCUT2D eigenvalue weighted by Crippen LogP contribution is 2.45. The van der Waals surface area contributed by atoms with Crippen molar-refractivity contribution in [1.29, 1.82) is 0 Å². The first-order valence-corrected chi connectivity index (χ1v) is 9.94. The van der Waals surface area contributed by atoms with Gasteiger partial charge in [-0.3, -0.25) is 0 Å². The summed E-state index contributed by atoms with van der Waals surface area (Å²) in [6, 6.07) is 8.02. The number of carbonyl (C=O) groups excluding carboxylic acids is 1. The van der Waals surface area contributed by atoms with Crippen molar-refractivity contribution >= 4 is 22.0 Å². The Hall–Kier alpha value is -1.07. The lowest BCUT2D eigenvalue weighted by Gasteiger charge is -2.45. The van der Waals surface area contributed by atoms with E-state index in [0.29, 0.717) is 18.9 Å². The van der Waals surface area contributed by atoms with Crippen LogP contribution in [0.2, 0.25) is 0 Å². The number of cyclic esters (lactones) is 1. The topological polar surface area (TPSA) is 49.8 Å². The van der Waals surface area contributed by atoms with Crippen molar-refractivity contribution in [2.75, 3.05) is 6.54 Å². The summed E-state index contributed by atoms with van der Waals surface area (Å²) in [5.41, 5.74) is -0.265. The molecule has 5 heteroatoms. The van der Waals surface area contributed by atoms with Crippen molar-refractivity contribution in [1.82, 2.24) is 4.90 Å². The molecule has 2 aliphatic rings. The van der Waals surface area contributed by atoms with Crippen molar-refractivity contribution in [3.63, 3.8) is 0 Å². The van der Waals surface area contributed by atoms with Gasteiger partial charge in [0.1, 0.15) is 5.60 Å². The van der Waals surface area contributed by atoms with Gasteiger partial charge in [0.15, 0.2) is 0 Å². The third kappa shape index (κ3) is 4.76. The van der Waals surface area contributed by atoms with Gasteiger partial charge in [-0.15, -0.1) is 0 Å². The molecule has 1 saturated heterocycles.